The van der Waals surface area contributed by atoms with Crippen LogP contribution in [0.5, 0.6) is 0 Å². The van der Waals surface area contributed by atoms with Gasteiger partial charge in [-0.25, -0.2) is 0 Å². The van der Waals surface area contributed by atoms with Crippen molar-refractivity contribution in [3.8, 4) is 6.07 Å². The molecule has 0 bridgehead atoms. The molecule has 2 rings (SSSR count). The number of carbonyl (C=O) groups excluding carboxylic acids is 1. The van der Waals surface area contributed by atoms with Gasteiger partial charge in [0.25, 0.3) is 0 Å². The molecule has 3 heteroatoms. The van der Waals surface area contributed by atoms with E-state index in [0.717, 1.165) is 24.1 Å². The van der Waals surface area contributed by atoms with E-state index in [4.69, 9.17) is 0 Å². The third-order valence-electron chi connectivity index (χ3n) is 3.50. The summed E-state index contributed by atoms with van der Waals surface area (Å²) in [5, 5.41) is 12.1. The van der Waals surface area contributed by atoms with Crippen LogP contribution in [0.25, 0.3) is 0 Å². The van der Waals surface area contributed by atoms with Crippen LogP contribution >= 0.6 is 0 Å². The molecule has 0 spiro atoms. The van der Waals surface area contributed by atoms with Crippen LogP contribution in [0, 0.1) is 23.7 Å². The third-order valence-corrected chi connectivity index (χ3v) is 3.50. The van der Waals surface area contributed by atoms with E-state index in [0.29, 0.717) is 12.8 Å². The molecule has 1 saturated carbocycles. The minimum Gasteiger partial charge on any atom is -0.324 e. The summed E-state index contributed by atoms with van der Waals surface area (Å²) in [5.41, 5.74) is 1.02. The van der Waals surface area contributed by atoms with E-state index in [2.05, 4.69) is 11.4 Å². The van der Waals surface area contributed by atoms with Crippen molar-refractivity contribution in [3.63, 3.8) is 0 Å². The number of hydrogen-bond acceptors (Lipinski definition) is 2. The molecule has 1 N–H and O–H groups in total. The molecule has 88 valence electrons. The van der Waals surface area contributed by atoms with Crippen LogP contribution in [0.4, 0.5) is 5.69 Å². The van der Waals surface area contributed by atoms with Crippen molar-refractivity contribution >= 4 is 11.6 Å². The average molecular weight is 228 g/mol. The molecule has 1 aliphatic rings. The van der Waals surface area contributed by atoms with Gasteiger partial charge in [0.1, 0.15) is 5.41 Å². The largest absolute Gasteiger partial charge is 0.324 e. The number of nitrogens with one attached hydrogen (secondary N) is 1. The Labute approximate surface area is 101 Å². The van der Waals surface area contributed by atoms with E-state index in [1.165, 1.54) is 0 Å². The summed E-state index contributed by atoms with van der Waals surface area (Å²) in [5.74, 6) is -0.146. The van der Waals surface area contributed by atoms with Crippen LogP contribution in [-0.4, -0.2) is 5.91 Å². The SMILES string of the molecule is Cc1ccccc1NC(=O)C1(C#N)CCCC1. The van der Waals surface area contributed by atoms with Gasteiger partial charge in [0.05, 0.1) is 6.07 Å². The first-order chi connectivity index (χ1) is 8.18. The van der Waals surface area contributed by atoms with Gasteiger partial charge in [-0.15, -0.1) is 0 Å². The summed E-state index contributed by atoms with van der Waals surface area (Å²) < 4.78 is 0. The maximum atomic E-state index is 12.2. The second kappa shape index (κ2) is 4.58. The number of carbonyl (C=O) groups is 1. The molecule has 1 aromatic carbocycles. The van der Waals surface area contributed by atoms with Crippen molar-refractivity contribution < 1.29 is 4.79 Å². The lowest BCUT2D eigenvalue weighted by molar-refractivity contribution is -0.122. The zero-order chi connectivity index (χ0) is 12.3. The molecule has 1 fully saturated rings. The summed E-state index contributed by atoms with van der Waals surface area (Å²) in [6.07, 6.45) is 3.30. The normalized spacial score (nSPS) is 17.4. The van der Waals surface area contributed by atoms with Gasteiger partial charge in [-0.05, 0) is 31.4 Å². The van der Waals surface area contributed by atoms with E-state index in [1.807, 2.05) is 31.2 Å². The summed E-state index contributed by atoms with van der Waals surface area (Å²) >= 11 is 0. The van der Waals surface area contributed by atoms with E-state index in [-0.39, 0.29) is 5.91 Å². The zero-order valence-electron chi connectivity index (χ0n) is 9.99. The fraction of sp³-hybridized carbons (Fsp3) is 0.429. The second-order valence-corrected chi connectivity index (χ2v) is 4.67. The summed E-state index contributed by atoms with van der Waals surface area (Å²) in [6.45, 7) is 1.95. The fourth-order valence-electron chi connectivity index (χ4n) is 2.32. The monoisotopic (exact) mass is 228 g/mol. The molecule has 3 nitrogen and oxygen atoms in total. The molecular weight excluding hydrogens is 212 g/mol. The van der Waals surface area contributed by atoms with Crippen molar-refractivity contribution in [2.24, 2.45) is 5.41 Å². The number of hydrogen-bond donors (Lipinski definition) is 1. The Bertz CT molecular complexity index is 467. The van der Waals surface area contributed by atoms with Gasteiger partial charge >= 0.3 is 0 Å². The van der Waals surface area contributed by atoms with Gasteiger partial charge in [0, 0.05) is 5.69 Å². The van der Waals surface area contributed by atoms with Gasteiger partial charge in [-0.1, -0.05) is 31.0 Å². The number of para-hydroxylation sites is 1. The van der Waals surface area contributed by atoms with Crippen molar-refractivity contribution in [2.45, 2.75) is 32.6 Å². The van der Waals surface area contributed by atoms with Crippen LogP contribution < -0.4 is 5.32 Å². The van der Waals surface area contributed by atoms with Gasteiger partial charge < -0.3 is 5.32 Å². The maximum Gasteiger partial charge on any atom is 0.244 e. The van der Waals surface area contributed by atoms with E-state index < -0.39 is 5.41 Å². The van der Waals surface area contributed by atoms with Crippen molar-refractivity contribution in [3.05, 3.63) is 29.8 Å². The van der Waals surface area contributed by atoms with Crippen molar-refractivity contribution in [1.29, 1.82) is 5.26 Å². The predicted molar refractivity (Wildman–Crippen MR) is 66.3 cm³/mol. The molecule has 17 heavy (non-hydrogen) atoms. The van der Waals surface area contributed by atoms with E-state index in [1.54, 1.807) is 0 Å². The van der Waals surface area contributed by atoms with Crippen LogP contribution in [0.2, 0.25) is 0 Å². The van der Waals surface area contributed by atoms with Crippen LogP contribution in [-0.2, 0) is 4.79 Å². The van der Waals surface area contributed by atoms with Gasteiger partial charge in [-0.2, -0.15) is 5.26 Å². The fourth-order valence-corrected chi connectivity index (χ4v) is 2.32. The van der Waals surface area contributed by atoms with Crippen molar-refractivity contribution in [1.82, 2.24) is 0 Å². The summed E-state index contributed by atoms with van der Waals surface area (Å²) in [7, 11) is 0. The number of nitriles is 1. The highest BCUT2D eigenvalue weighted by Gasteiger charge is 2.41. The molecule has 0 unspecified atom stereocenters. The van der Waals surface area contributed by atoms with Crippen LogP contribution in [0.1, 0.15) is 31.2 Å². The lowest BCUT2D eigenvalue weighted by Crippen LogP contribution is -2.32. The first-order valence-electron chi connectivity index (χ1n) is 5.96. The maximum absolute atomic E-state index is 12.2. The predicted octanol–water partition coefficient (Wildman–Crippen LogP) is 3.02. The minimum absolute atomic E-state index is 0.146. The van der Waals surface area contributed by atoms with Gasteiger partial charge in [0.15, 0.2) is 0 Å². The molecule has 0 atom stereocenters. The zero-order valence-corrected chi connectivity index (χ0v) is 9.99. The standard InChI is InChI=1S/C14H16N2O/c1-11-6-2-3-7-12(11)16-13(17)14(10-15)8-4-5-9-14/h2-3,6-7H,4-5,8-9H2,1H3,(H,16,17). The molecule has 0 heterocycles. The first-order valence-corrected chi connectivity index (χ1v) is 5.96. The number of aryl methyl sites for hydroxylation is 1. The molecule has 0 saturated heterocycles. The lowest BCUT2D eigenvalue weighted by Gasteiger charge is -2.19. The highest BCUT2D eigenvalue weighted by atomic mass is 16.2. The lowest BCUT2D eigenvalue weighted by atomic mass is 9.87. The summed E-state index contributed by atoms with van der Waals surface area (Å²) in [4.78, 5) is 12.2. The number of amides is 1. The Balaban J connectivity index is 2.17. The quantitative estimate of drug-likeness (QED) is 0.845. The van der Waals surface area contributed by atoms with Gasteiger partial charge in [0.2, 0.25) is 5.91 Å². The average Bonchev–Trinajstić information content (AvgIpc) is 2.82. The molecule has 1 amide bonds. The highest BCUT2D eigenvalue weighted by Crippen LogP contribution is 2.38. The van der Waals surface area contributed by atoms with E-state index in [9.17, 15) is 10.1 Å². The van der Waals surface area contributed by atoms with E-state index >= 15 is 0 Å². The number of nitrogens with zero attached hydrogens (tertiary/aromatic N) is 1. The Hall–Kier alpha value is -1.82. The molecular formula is C14H16N2O. The highest BCUT2D eigenvalue weighted by molar-refractivity contribution is 5.97. The Morgan fingerprint density at radius 1 is 1.35 bits per heavy atom. The number of rotatable bonds is 2. The van der Waals surface area contributed by atoms with Crippen LogP contribution in [0.15, 0.2) is 24.3 Å². The Kier molecular flexibility index (Phi) is 3.14. The second-order valence-electron chi connectivity index (χ2n) is 4.67. The Morgan fingerprint density at radius 3 is 2.59 bits per heavy atom. The smallest absolute Gasteiger partial charge is 0.244 e. The third kappa shape index (κ3) is 2.16. The minimum atomic E-state index is -0.803. The summed E-state index contributed by atoms with van der Waals surface area (Å²) in [6, 6.07) is 9.84. The first kappa shape index (κ1) is 11.7. The van der Waals surface area contributed by atoms with Crippen LogP contribution in [0.3, 0.4) is 0 Å². The van der Waals surface area contributed by atoms with Crippen molar-refractivity contribution in [2.75, 3.05) is 5.32 Å². The molecule has 1 aliphatic carbocycles. The molecule has 0 radical (unpaired) electrons. The topological polar surface area (TPSA) is 52.9 Å². The number of anilines is 1. The molecule has 0 aromatic heterocycles. The Morgan fingerprint density at radius 2 is 2.00 bits per heavy atom. The number of benzene rings is 1. The molecule has 1 aromatic rings. The molecule has 0 aliphatic heterocycles. The van der Waals surface area contributed by atoms with Gasteiger partial charge in [-0.3, -0.25) is 4.79 Å².